The SMILES string of the molecule is C=C(C)CNC(N)=NCC(=O)NC1CCCCC1.I. The second-order valence-corrected chi connectivity index (χ2v) is 4.91. The van der Waals surface area contributed by atoms with Crippen LogP contribution in [0.3, 0.4) is 0 Å². The summed E-state index contributed by atoms with van der Waals surface area (Å²) in [6.45, 7) is 6.32. The smallest absolute Gasteiger partial charge is 0.242 e. The van der Waals surface area contributed by atoms with Gasteiger partial charge in [-0.05, 0) is 19.8 Å². The molecule has 0 aromatic rings. The summed E-state index contributed by atoms with van der Waals surface area (Å²) in [5.74, 6) is 0.235. The lowest BCUT2D eigenvalue weighted by Crippen LogP contribution is -2.39. The highest BCUT2D eigenvalue weighted by Gasteiger charge is 2.15. The molecule has 0 aromatic carbocycles. The fourth-order valence-corrected chi connectivity index (χ4v) is 1.97. The van der Waals surface area contributed by atoms with Gasteiger partial charge in [0.25, 0.3) is 0 Å². The summed E-state index contributed by atoms with van der Waals surface area (Å²) in [7, 11) is 0. The maximum atomic E-state index is 11.6. The third-order valence-corrected chi connectivity index (χ3v) is 2.93. The molecule has 0 bridgehead atoms. The van der Waals surface area contributed by atoms with Crippen LogP contribution in [0.4, 0.5) is 0 Å². The topological polar surface area (TPSA) is 79.5 Å². The first kappa shape index (κ1) is 18.2. The molecule has 1 saturated carbocycles. The van der Waals surface area contributed by atoms with Crippen LogP contribution in [0.15, 0.2) is 17.1 Å². The Labute approximate surface area is 132 Å². The Morgan fingerprint density at radius 3 is 2.58 bits per heavy atom. The molecule has 1 amide bonds. The largest absolute Gasteiger partial charge is 0.370 e. The van der Waals surface area contributed by atoms with Gasteiger partial charge in [-0.2, -0.15) is 0 Å². The molecule has 0 unspecified atom stereocenters. The van der Waals surface area contributed by atoms with E-state index in [1.807, 2.05) is 6.92 Å². The summed E-state index contributed by atoms with van der Waals surface area (Å²) in [5.41, 5.74) is 6.59. The number of nitrogens with one attached hydrogen (secondary N) is 2. The predicted molar refractivity (Wildman–Crippen MR) is 89.7 cm³/mol. The number of carbonyl (C=O) groups excluding carboxylic acids is 1. The lowest BCUT2D eigenvalue weighted by atomic mass is 9.95. The summed E-state index contributed by atoms with van der Waals surface area (Å²) in [5, 5.41) is 5.88. The van der Waals surface area contributed by atoms with Gasteiger partial charge < -0.3 is 16.4 Å². The zero-order chi connectivity index (χ0) is 13.4. The van der Waals surface area contributed by atoms with Gasteiger partial charge in [0.05, 0.1) is 0 Å². The monoisotopic (exact) mass is 380 g/mol. The first-order chi connectivity index (χ1) is 8.58. The molecule has 0 aromatic heterocycles. The minimum Gasteiger partial charge on any atom is -0.370 e. The van der Waals surface area contributed by atoms with Crippen molar-refractivity contribution in [2.45, 2.75) is 45.1 Å². The first-order valence-electron chi connectivity index (χ1n) is 6.55. The van der Waals surface area contributed by atoms with E-state index in [9.17, 15) is 4.79 Å². The average Bonchev–Trinajstić information content (AvgIpc) is 2.35. The quantitative estimate of drug-likeness (QED) is 0.293. The summed E-state index contributed by atoms with van der Waals surface area (Å²) in [4.78, 5) is 15.6. The lowest BCUT2D eigenvalue weighted by Gasteiger charge is -2.22. The van der Waals surface area contributed by atoms with E-state index in [0.717, 1.165) is 18.4 Å². The minimum absolute atomic E-state index is 0. The van der Waals surface area contributed by atoms with Gasteiger partial charge in [0.2, 0.25) is 5.91 Å². The summed E-state index contributed by atoms with van der Waals surface area (Å²) >= 11 is 0. The molecular formula is C13H25IN4O. The highest BCUT2D eigenvalue weighted by molar-refractivity contribution is 14.0. The second-order valence-electron chi connectivity index (χ2n) is 4.91. The number of halogens is 1. The van der Waals surface area contributed by atoms with Gasteiger partial charge in [0.15, 0.2) is 5.96 Å². The Balaban J connectivity index is 0.00000324. The van der Waals surface area contributed by atoms with Crippen LogP contribution in [0.25, 0.3) is 0 Å². The molecule has 0 radical (unpaired) electrons. The van der Waals surface area contributed by atoms with Gasteiger partial charge in [-0.3, -0.25) is 4.79 Å². The van der Waals surface area contributed by atoms with Gasteiger partial charge in [-0.1, -0.05) is 31.4 Å². The molecule has 0 spiro atoms. The van der Waals surface area contributed by atoms with E-state index in [-0.39, 0.29) is 42.4 Å². The molecule has 0 atom stereocenters. The molecule has 0 aliphatic heterocycles. The van der Waals surface area contributed by atoms with Crippen molar-refractivity contribution in [3.8, 4) is 0 Å². The molecule has 1 aliphatic rings. The molecule has 110 valence electrons. The van der Waals surface area contributed by atoms with Crippen LogP contribution in [0.1, 0.15) is 39.0 Å². The van der Waals surface area contributed by atoms with E-state index in [0.29, 0.717) is 12.6 Å². The van der Waals surface area contributed by atoms with Crippen molar-refractivity contribution in [1.29, 1.82) is 0 Å². The predicted octanol–water partition coefficient (Wildman–Crippen LogP) is 1.53. The number of hydrogen-bond donors (Lipinski definition) is 3. The third kappa shape index (κ3) is 8.85. The maximum Gasteiger partial charge on any atom is 0.242 e. The Morgan fingerprint density at radius 1 is 1.37 bits per heavy atom. The van der Waals surface area contributed by atoms with Crippen molar-refractivity contribution in [2.24, 2.45) is 10.7 Å². The molecule has 0 heterocycles. The molecule has 19 heavy (non-hydrogen) atoms. The van der Waals surface area contributed by atoms with E-state index in [4.69, 9.17) is 5.73 Å². The van der Waals surface area contributed by atoms with Gasteiger partial charge in [-0.25, -0.2) is 4.99 Å². The highest BCUT2D eigenvalue weighted by atomic mass is 127. The van der Waals surface area contributed by atoms with Crippen LogP contribution >= 0.6 is 24.0 Å². The van der Waals surface area contributed by atoms with Crippen LogP contribution in [0, 0.1) is 0 Å². The van der Waals surface area contributed by atoms with Crippen LogP contribution in [0.2, 0.25) is 0 Å². The number of amides is 1. The number of nitrogens with two attached hydrogens (primary N) is 1. The fraction of sp³-hybridized carbons (Fsp3) is 0.692. The van der Waals surface area contributed by atoms with Crippen molar-refractivity contribution in [3.05, 3.63) is 12.2 Å². The Morgan fingerprint density at radius 2 is 2.00 bits per heavy atom. The van der Waals surface area contributed by atoms with Crippen molar-refractivity contribution in [1.82, 2.24) is 10.6 Å². The molecule has 1 aliphatic carbocycles. The second kappa shape index (κ2) is 10.1. The lowest BCUT2D eigenvalue weighted by molar-refractivity contribution is -0.120. The van der Waals surface area contributed by atoms with Gasteiger partial charge in [0.1, 0.15) is 6.54 Å². The Kier molecular flexibility index (Phi) is 9.63. The first-order valence-corrected chi connectivity index (χ1v) is 6.55. The molecule has 0 saturated heterocycles. The Hall–Kier alpha value is -0.790. The van der Waals surface area contributed by atoms with E-state index in [2.05, 4.69) is 22.2 Å². The minimum atomic E-state index is -0.0537. The zero-order valence-corrected chi connectivity index (χ0v) is 13.9. The van der Waals surface area contributed by atoms with E-state index in [1.165, 1.54) is 19.3 Å². The molecule has 4 N–H and O–H groups in total. The summed E-state index contributed by atoms with van der Waals surface area (Å²) in [6.07, 6.45) is 5.85. The van der Waals surface area contributed by atoms with Gasteiger partial charge in [0, 0.05) is 12.6 Å². The zero-order valence-electron chi connectivity index (χ0n) is 11.6. The van der Waals surface area contributed by atoms with Gasteiger partial charge in [-0.15, -0.1) is 24.0 Å². The highest BCUT2D eigenvalue weighted by Crippen LogP contribution is 2.17. The van der Waals surface area contributed by atoms with Crippen LogP contribution in [-0.2, 0) is 4.79 Å². The van der Waals surface area contributed by atoms with Crippen LogP contribution < -0.4 is 16.4 Å². The van der Waals surface area contributed by atoms with Gasteiger partial charge >= 0.3 is 0 Å². The number of hydrogen-bond acceptors (Lipinski definition) is 2. The fourth-order valence-electron chi connectivity index (χ4n) is 1.97. The van der Waals surface area contributed by atoms with Crippen molar-refractivity contribution in [3.63, 3.8) is 0 Å². The average molecular weight is 380 g/mol. The normalized spacial score (nSPS) is 16.4. The van der Waals surface area contributed by atoms with Crippen LogP contribution in [0.5, 0.6) is 0 Å². The van der Waals surface area contributed by atoms with E-state index >= 15 is 0 Å². The molecule has 6 heteroatoms. The van der Waals surface area contributed by atoms with Crippen molar-refractivity contribution in [2.75, 3.05) is 13.1 Å². The molecular weight excluding hydrogens is 355 g/mol. The van der Waals surface area contributed by atoms with E-state index < -0.39 is 0 Å². The maximum absolute atomic E-state index is 11.6. The number of aliphatic imine (C=N–C) groups is 1. The number of rotatable bonds is 5. The van der Waals surface area contributed by atoms with Crippen molar-refractivity contribution >= 4 is 35.8 Å². The standard InChI is InChI=1S/C13H24N4O.HI/c1-10(2)8-15-13(14)16-9-12(18)17-11-6-4-3-5-7-11;/h11H,1,3-9H2,2H3,(H,17,18)(H3,14,15,16);1H. The van der Waals surface area contributed by atoms with Crippen molar-refractivity contribution < 1.29 is 4.79 Å². The van der Waals surface area contributed by atoms with E-state index in [1.54, 1.807) is 0 Å². The molecule has 5 nitrogen and oxygen atoms in total. The summed E-state index contributed by atoms with van der Waals surface area (Å²) < 4.78 is 0. The molecule has 1 fully saturated rings. The number of guanidine groups is 1. The Bertz CT molecular complexity index is 325. The number of carbonyl (C=O) groups is 1. The molecule has 1 rings (SSSR count). The summed E-state index contributed by atoms with van der Waals surface area (Å²) in [6, 6.07) is 0.325. The number of nitrogens with zero attached hydrogens (tertiary/aromatic N) is 1. The van der Waals surface area contributed by atoms with Crippen LogP contribution in [-0.4, -0.2) is 31.0 Å². The third-order valence-electron chi connectivity index (χ3n) is 2.93.